The number of carboxylic acid groups (broad SMARTS) is 1. The molecule has 0 aliphatic rings. The number of carbonyl (C=O) groups is 2. The summed E-state index contributed by atoms with van der Waals surface area (Å²) < 4.78 is 4.95. The van der Waals surface area contributed by atoms with Crippen molar-refractivity contribution < 1.29 is 19.4 Å². The summed E-state index contributed by atoms with van der Waals surface area (Å²) >= 11 is 0. The standard InChI is InChI=1S/C10H10O3.C2H5NO/c1-13-9-5-2-8(3-6-9)4-7-10(11)12;1-2(3)4/h2-7H,1H3,(H,11,12);1H3,(H2,3,4)/b7-4+;. The normalized spacial score (nSPS) is 9.29. The predicted octanol–water partition coefficient (Wildman–Crippen LogP) is 1.28. The molecule has 0 saturated carbocycles. The van der Waals surface area contributed by atoms with Gasteiger partial charge in [-0.05, 0) is 23.8 Å². The third-order valence-electron chi connectivity index (χ3n) is 1.53. The fourth-order valence-corrected chi connectivity index (χ4v) is 0.883. The molecule has 0 heterocycles. The van der Waals surface area contributed by atoms with E-state index >= 15 is 0 Å². The summed E-state index contributed by atoms with van der Waals surface area (Å²) in [4.78, 5) is 19.4. The molecule has 1 aromatic carbocycles. The minimum Gasteiger partial charge on any atom is -0.497 e. The first-order valence-corrected chi connectivity index (χ1v) is 4.76. The number of nitrogens with two attached hydrogens (primary N) is 1. The number of benzene rings is 1. The maximum Gasteiger partial charge on any atom is 0.328 e. The topological polar surface area (TPSA) is 89.6 Å². The van der Waals surface area contributed by atoms with Crippen molar-refractivity contribution in [1.82, 2.24) is 0 Å². The number of hydrogen-bond acceptors (Lipinski definition) is 3. The van der Waals surface area contributed by atoms with Crippen LogP contribution in [0.5, 0.6) is 5.75 Å². The van der Waals surface area contributed by atoms with Crippen molar-refractivity contribution >= 4 is 18.0 Å². The van der Waals surface area contributed by atoms with Crippen molar-refractivity contribution in [2.24, 2.45) is 5.73 Å². The summed E-state index contributed by atoms with van der Waals surface area (Å²) in [5.74, 6) is -0.525. The Hall–Kier alpha value is -2.30. The molecule has 0 aliphatic heterocycles. The van der Waals surface area contributed by atoms with Crippen LogP contribution in [-0.2, 0) is 9.59 Å². The van der Waals surface area contributed by atoms with Gasteiger partial charge in [0.2, 0.25) is 5.91 Å². The van der Waals surface area contributed by atoms with E-state index in [0.717, 1.165) is 17.4 Å². The minimum atomic E-state index is -0.948. The average molecular weight is 237 g/mol. The number of carbonyl (C=O) groups excluding carboxylic acids is 1. The molecule has 0 fully saturated rings. The Balaban J connectivity index is 0.000000557. The minimum absolute atomic E-state index is 0.333. The maximum absolute atomic E-state index is 10.2. The lowest BCUT2D eigenvalue weighted by Gasteiger charge is -1.98. The zero-order chi connectivity index (χ0) is 13.3. The largest absolute Gasteiger partial charge is 0.497 e. The number of ether oxygens (including phenoxy) is 1. The number of methoxy groups -OCH3 is 1. The molecule has 0 aromatic heterocycles. The number of amides is 1. The Kier molecular flexibility index (Phi) is 6.85. The first-order valence-electron chi connectivity index (χ1n) is 4.76. The highest BCUT2D eigenvalue weighted by Crippen LogP contribution is 2.11. The fraction of sp³-hybridized carbons (Fsp3) is 0.167. The van der Waals surface area contributed by atoms with Crippen LogP contribution in [0.2, 0.25) is 0 Å². The average Bonchev–Trinajstić information content (AvgIpc) is 2.26. The van der Waals surface area contributed by atoms with Gasteiger partial charge in [-0.15, -0.1) is 0 Å². The Morgan fingerprint density at radius 3 is 2.12 bits per heavy atom. The number of hydrogen-bond donors (Lipinski definition) is 2. The Bertz CT molecular complexity index is 391. The highest BCUT2D eigenvalue weighted by molar-refractivity contribution is 5.85. The predicted molar refractivity (Wildman–Crippen MR) is 64.5 cm³/mol. The van der Waals surface area contributed by atoms with Crippen LogP contribution in [0, 0.1) is 0 Å². The van der Waals surface area contributed by atoms with E-state index in [0.29, 0.717) is 0 Å². The molecule has 92 valence electrons. The highest BCUT2D eigenvalue weighted by Gasteiger charge is 1.91. The van der Waals surface area contributed by atoms with Crippen molar-refractivity contribution in [2.45, 2.75) is 6.92 Å². The van der Waals surface area contributed by atoms with E-state index in [1.807, 2.05) is 0 Å². The first-order chi connectivity index (χ1) is 7.95. The molecule has 0 spiro atoms. The SMILES string of the molecule is CC(N)=O.COc1ccc(/C=C/C(=O)O)cc1. The third kappa shape index (κ3) is 8.68. The zero-order valence-corrected chi connectivity index (χ0v) is 9.71. The fourth-order valence-electron chi connectivity index (χ4n) is 0.883. The summed E-state index contributed by atoms with van der Waals surface area (Å²) in [5, 5.41) is 8.36. The van der Waals surface area contributed by atoms with Gasteiger partial charge < -0.3 is 15.6 Å². The lowest BCUT2D eigenvalue weighted by molar-refractivity contribution is -0.131. The van der Waals surface area contributed by atoms with E-state index in [9.17, 15) is 9.59 Å². The van der Waals surface area contributed by atoms with E-state index in [1.54, 1.807) is 31.4 Å². The van der Waals surface area contributed by atoms with Crippen molar-refractivity contribution in [3.63, 3.8) is 0 Å². The monoisotopic (exact) mass is 237 g/mol. The van der Waals surface area contributed by atoms with Crippen LogP contribution in [0.1, 0.15) is 12.5 Å². The summed E-state index contributed by atoms with van der Waals surface area (Å²) in [6, 6.07) is 7.14. The third-order valence-corrected chi connectivity index (χ3v) is 1.53. The molecule has 1 aromatic rings. The number of rotatable bonds is 3. The van der Waals surface area contributed by atoms with Crippen molar-refractivity contribution in [1.29, 1.82) is 0 Å². The second-order valence-electron chi connectivity index (χ2n) is 3.06. The van der Waals surface area contributed by atoms with Crippen LogP contribution in [0.3, 0.4) is 0 Å². The lowest BCUT2D eigenvalue weighted by Crippen LogP contribution is -2.01. The van der Waals surface area contributed by atoms with Crippen LogP contribution in [0.25, 0.3) is 6.08 Å². The molecule has 0 radical (unpaired) electrons. The number of carboxylic acids is 1. The molecule has 0 saturated heterocycles. The molecular formula is C12H15NO4. The zero-order valence-electron chi connectivity index (χ0n) is 9.71. The maximum atomic E-state index is 10.2. The van der Waals surface area contributed by atoms with Gasteiger partial charge in [-0.3, -0.25) is 4.79 Å². The second kappa shape index (κ2) is 7.92. The summed E-state index contributed by atoms with van der Waals surface area (Å²) in [6.07, 6.45) is 2.63. The number of primary amides is 1. The second-order valence-corrected chi connectivity index (χ2v) is 3.06. The van der Waals surface area contributed by atoms with E-state index < -0.39 is 5.97 Å². The molecule has 5 heteroatoms. The molecular weight excluding hydrogens is 222 g/mol. The van der Waals surface area contributed by atoms with E-state index in [1.165, 1.54) is 13.0 Å². The van der Waals surface area contributed by atoms with Crippen LogP contribution in [-0.4, -0.2) is 24.1 Å². The summed E-state index contributed by atoms with van der Waals surface area (Å²) in [7, 11) is 1.59. The van der Waals surface area contributed by atoms with E-state index in [4.69, 9.17) is 9.84 Å². The van der Waals surface area contributed by atoms with Crippen LogP contribution in [0.15, 0.2) is 30.3 Å². The van der Waals surface area contributed by atoms with Gasteiger partial charge in [-0.2, -0.15) is 0 Å². The Morgan fingerprint density at radius 2 is 1.76 bits per heavy atom. The number of aliphatic carboxylic acids is 1. The van der Waals surface area contributed by atoms with Gasteiger partial charge in [0.05, 0.1) is 7.11 Å². The first kappa shape index (κ1) is 14.7. The Labute approximate surface area is 99.5 Å². The molecule has 3 N–H and O–H groups in total. The van der Waals surface area contributed by atoms with Gasteiger partial charge >= 0.3 is 5.97 Å². The van der Waals surface area contributed by atoms with Crippen molar-refractivity contribution in [3.05, 3.63) is 35.9 Å². The van der Waals surface area contributed by atoms with Crippen LogP contribution in [0.4, 0.5) is 0 Å². The molecule has 0 unspecified atom stereocenters. The quantitative estimate of drug-likeness (QED) is 0.775. The molecule has 1 amide bonds. The van der Waals surface area contributed by atoms with Crippen LogP contribution < -0.4 is 10.5 Å². The molecule has 0 atom stereocenters. The van der Waals surface area contributed by atoms with Crippen LogP contribution >= 0.6 is 0 Å². The van der Waals surface area contributed by atoms with Gasteiger partial charge in [0.1, 0.15) is 5.75 Å². The van der Waals surface area contributed by atoms with Crippen molar-refractivity contribution in [2.75, 3.05) is 7.11 Å². The smallest absolute Gasteiger partial charge is 0.328 e. The molecule has 0 bridgehead atoms. The van der Waals surface area contributed by atoms with E-state index in [-0.39, 0.29) is 5.91 Å². The van der Waals surface area contributed by atoms with Crippen molar-refractivity contribution in [3.8, 4) is 5.75 Å². The Morgan fingerprint density at radius 1 is 1.29 bits per heavy atom. The molecule has 1 rings (SSSR count). The van der Waals surface area contributed by atoms with E-state index in [2.05, 4.69) is 5.73 Å². The molecule has 17 heavy (non-hydrogen) atoms. The lowest BCUT2D eigenvalue weighted by atomic mass is 10.2. The van der Waals surface area contributed by atoms with Gasteiger partial charge in [0.25, 0.3) is 0 Å². The highest BCUT2D eigenvalue weighted by atomic mass is 16.5. The van der Waals surface area contributed by atoms with Gasteiger partial charge in [0, 0.05) is 13.0 Å². The summed E-state index contributed by atoms with van der Waals surface area (Å²) in [6.45, 7) is 1.31. The summed E-state index contributed by atoms with van der Waals surface area (Å²) in [5.41, 5.74) is 5.31. The van der Waals surface area contributed by atoms with Gasteiger partial charge in [0.15, 0.2) is 0 Å². The molecule has 5 nitrogen and oxygen atoms in total. The molecule has 0 aliphatic carbocycles. The van der Waals surface area contributed by atoms with Gasteiger partial charge in [-0.25, -0.2) is 4.79 Å². The van der Waals surface area contributed by atoms with Gasteiger partial charge in [-0.1, -0.05) is 12.1 Å².